The Balaban J connectivity index is 1.50. The first kappa shape index (κ1) is 20.3. The summed E-state index contributed by atoms with van der Waals surface area (Å²) in [5.74, 6) is 1.56. The van der Waals surface area contributed by atoms with Crippen LogP contribution in [0.1, 0.15) is 24.8 Å². The summed E-state index contributed by atoms with van der Waals surface area (Å²) in [7, 11) is 0. The number of para-hydroxylation sites is 2. The van der Waals surface area contributed by atoms with E-state index in [2.05, 4.69) is 15.3 Å². The fraction of sp³-hybridized carbons (Fsp3) is 0.318. The van der Waals surface area contributed by atoms with Crippen LogP contribution in [0.3, 0.4) is 0 Å². The number of aryl methyl sites for hydroxylation is 2. The zero-order chi connectivity index (χ0) is 20.9. The summed E-state index contributed by atoms with van der Waals surface area (Å²) in [6.45, 7) is 5.88. The zero-order valence-electron chi connectivity index (χ0n) is 17.1. The monoisotopic (exact) mass is 424 g/mol. The fourth-order valence-corrected chi connectivity index (χ4v) is 3.93. The van der Waals surface area contributed by atoms with E-state index in [1.807, 2.05) is 60.2 Å². The highest BCUT2D eigenvalue weighted by Crippen LogP contribution is 2.26. The third-order valence-corrected chi connectivity index (χ3v) is 5.59. The summed E-state index contributed by atoms with van der Waals surface area (Å²) in [6, 6.07) is 11.8. The number of carbonyl (C=O) groups is 1. The molecule has 8 heteroatoms. The summed E-state index contributed by atoms with van der Waals surface area (Å²) < 4.78 is 13.2. The van der Waals surface area contributed by atoms with E-state index in [1.165, 1.54) is 0 Å². The molecule has 0 unspecified atom stereocenters. The smallest absolute Gasteiger partial charge is 0.236 e. The van der Waals surface area contributed by atoms with E-state index < -0.39 is 0 Å². The molecule has 4 rings (SSSR count). The van der Waals surface area contributed by atoms with Crippen molar-refractivity contribution in [2.75, 3.05) is 18.5 Å². The van der Waals surface area contributed by atoms with Crippen molar-refractivity contribution in [3.8, 4) is 10.8 Å². The van der Waals surface area contributed by atoms with Crippen LogP contribution in [-0.2, 0) is 22.5 Å². The van der Waals surface area contributed by atoms with E-state index in [-0.39, 0.29) is 12.3 Å². The van der Waals surface area contributed by atoms with Crippen molar-refractivity contribution in [1.82, 2.24) is 14.5 Å². The van der Waals surface area contributed by atoms with Crippen LogP contribution in [0.15, 0.2) is 46.2 Å². The summed E-state index contributed by atoms with van der Waals surface area (Å²) in [5, 5.41) is 4.92. The number of carbonyl (C=O) groups excluding carboxylic acids is 1. The molecule has 0 spiro atoms. The number of aromatic nitrogens is 3. The number of amides is 1. The number of nitrogens with one attached hydrogen (secondary N) is 1. The third kappa shape index (κ3) is 4.44. The summed E-state index contributed by atoms with van der Waals surface area (Å²) >= 11 is 1.55. The van der Waals surface area contributed by atoms with Crippen LogP contribution in [0.5, 0.6) is 0 Å². The highest BCUT2D eigenvalue weighted by Gasteiger charge is 2.18. The molecule has 0 fully saturated rings. The van der Waals surface area contributed by atoms with Gasteiger partial charge in [-0.3, -0.25) is 10.1 Å². The molecule has 1 aromatic carbocycles. The molecule has 0 saturated heterocycles. The van der Waals surface area contributed by atoms with Crippen LogP contribution in [-0.4, -0.2) is 33.7 Å². The Labute approximate surface area is 178 Å². The van der Waals surface area contributed by atoms with Crippen molar-refractivity contribution < 1.29 is 13.9 Å². The number of imidazole rings is 1. The van der Waals surface area contributed by atoms with Gasteiger partial charge in [0.25, 0.3) is 0 Å². The van der Waals surface area contributed by atoms with Gasteiger partial charge >= 0.3 is 0 Å². The van der Waals surface area contributed by atoms with Crippen LogP contribution in [0.4, 0.5) is 5.95 Å². The SMILES string of the molecule is CCOCCCn1c(NC(=O)Cc2nc(-c3cccs3)oc2C)nc2ccccc21. The lowest BCUT2D eigenvalue weighted by molar-refractivity contribution is -0.115. The van der Waals surface area contributed by atoms with Crippen molar-refractivity contribution in [3.05, 3.63) is 53.2 Å². The molecule has 0 bridgehead atoms. The second-order valence-electron chi connectivity index (χ2n) is 6.85. The highest BCUT2D eigenvalue weighted by molar-refractivity contribution is 7.13. The molecule has 0 aliphatic carbocycles. The number of anilines is 1. The van der Waals surface area contributed by atoms with Crippen molar-refractivity contribution in [2.45, 2.75) is 33.2 Å². The summed E-state index contributed by atoms with van der Waals surface area (Å²) in [4.78, 5) is 22.8. The van der Waals surface area contributed by atoms with Gasteiger partial charge in [0.2, 0.25) is 17.7 Å². The van der Waals surface area contributed by atoms with Crippen LogP contribution in [0, 0.1) is 6.92 Å². The molecule has 156 valence electrons. The van der Waals surface area contributed by atoms with E-state index in [0.29, 0.717) is 43.1 Å². The molecule has 7 nitrogen and oxygen atoms in total. The van der Waals surface area contributed by atoms with E-state index in [9.17, 15) is 4.79 Å². The van der Waals surface area contributed by atoms with E-state index >= 15 is 0 Å². The molecule has 0 atom stereocenters. The van der Waals surface area contributed by atoms with Crippen LogP contribution < -0.4 is 5.32 Å². The fourth-order valence-electron chi connectivity index (χ4n) is 3.28. The number of benzene rings is 1. The van der Waals surface area contributed by atoms with Crippen LogP contribution in [0.25, 0.3) is 21.8 Å². The number of ether oxygens (including phenoxy) is 1. The Morgan fingerprint density at radius 3 is 2.90 bits per heavy atom. The Morgan fingerprint density at radius 2 is 2.10 bits per heavy atom. The van der Waals surface area contributed by atoms with Gasteiger partial charge in [-0.1, -0.05) is 18.2 Å². The molecule has 30 heavy (non-hydrogen) atoms. The first-order valence-corrected chi connectivity index (χ1v) is 10.9. The minimum absolute atomic E-state index is 0.128. The van der Waals surface area contributed by atoms with Gasteiger partial charge in [0, 0.05) is 19.8 Å². The highest BCUT2D eigenvalue weighted by atomic mass is 32.1. The molecule has 0 saturated carbocycles. The molecule has 1 N–H and O–H groups in total. The van der Waals surface area contributed by atoms with Gasteiger partial charge in [0.1, 0.15) is 5.76 Å². The standard InChI is InChI=1S/C22H24N4O3S/c1-3-28-12-7-11-26-18-9-5-4-8-16(18)24-22(26)25-20(27)14-17-15(2)29-21(23-17)19-10-6-13-30-19/h4-6,8-10,13H,3,7,11-12,14H2,1-2H3,(H,24,25,27). The number of rotatable bonds is 9. The van der Waals surface area contributed by atoms with Crippen molar-refractivity contribution in [1.29, 1.82) is 0 Å². The number of oxazole rings is 1. The van der Waals surface area contributed by atoms with Gasteiger partial charge in [0.15, 0.2) is 0 Å². The van der Waals surface area contributed by atoms with E-state index in [4.69, 9.17) is 9.15 Å². The van der Waals surface area contributed by atoms with E-state index in [1.54, 1.807) is 11.3 Å². The van der Waals surface area contributed by atoms with Gasteiger partial charge in [-0.15, -0.1) is 11.3 Å². The molecule has 0 aliphatic heterocycles. The van der Waals surface area contributed by atoms with Gasteiger partial charge in [-0.2, -0.15) is 0 Å². The molecule has 1 amide bonds. The van der Waals surface area contributed by atoms with Gasteiger partial charge in [-0.25, -0.2) is 9.97 Å². The first-order chi connectivity index (χ1) is 14.7. The average molecular weight is 425 g/mol. The Bertz CT molecular complexity index is 1130. The number of hydrogen-bond acceptors (Lipinski definition) is 6. The Hall–Kier alpha value is -2.97. The molecule has 0 radical (unpaired) electrons. The maximum atomic E-state index is 12.8. The van der Waals surface area contributed by atoms with Crippen LogP contribution >= 0.6 is 11.3 Å². The zero-order valence-corrected chi connectivity index (χ0v) is 17.9. The third-order valence-electron chi connectivity index (χ3n) is 4.73. The molecule has 3 heterocycles. The predicted octanol–water partition coefficient (Wildman–Crippen LogP) is 4.67. The maximum Gasteiger partial charge on any atom is 0.236 e. The van der Waals surface area contributed by atoms with Crippen molar-refractivity contribution >= 4 is 34.2 Å². The lowest BCUT2D eigenvalue weighted by Crippen LogP contribution is -2.19. The topological polar surface area (TPSA) is 82.2 Å². The Kier molecular flexibility index (Phi) is 6.25. The first-order valence-electron chi connectivity index (χ1n) is 9.98. The Morgan fingerprint density at radius 1 is 1.23 bits per heavy atom. The largest absolute Gasteiger partial charge is 0.440 e. The summed E-state index contributed by atoms with van der Waals surface area (Å²) in [6.07, 6.45) is 0.965. The molecule has 3 aromatic heterocycles. The minimum Gasteiger partial charge on any atom is -0.440 e. The minimum atomic E-state index is -0.175. The van der Waals surface area contributed by atoms with Gasteiger partial charge in [0.05, 0.1) is 28.0 Å². The van der Waals surface area contributed by atoms with Crippen LogP contribution in [0.2, 0.25) is 0 Å². The molecule has 0 aliphatic rings. The number of fused-ring (bicyclic) bond motifs is 1. The lowest BCUT2D eigenvalue weighted by atomic mass is 10.2. The maximum absolute atomic E-state index is 12.8. The average Bonchev–Trinajstić information content (AvgIpc) is 3.45. The second-order valence-corrected chi connectivity index (χ2v) is 7.80. The molecular formula is C22H24N4O3S. The number of hydrogen-bond donors (Lipinski definition) is 1. The predicted molar refractivity (Wildman–Crippen MR) is 118 cm³/mol. The lowest BCUT2D eigenvalue weighted by Gasteiger charge is -2.10. The van der Waals surface area contributed by atoms with Gasteiger partial charge < -0.3 is 13.7 Å². The van der Waals surface area contributed by atoms with Crippen molar-refractivity contribution in [3.63, 3.8) is 0 Å². The normalized spacial score (nSPS) is 11.3. The summed E-state index contributed by atoms with van der Waals surface area (Å²) in [5.41, 5.74) is 2.47. The van der Waals surface area contributed by atoms with Gasteiger partial charge in [-0.05, 0) is 43.8 Å². The van der Waals surface area contributed by atoms with E-state index in [0.717, 1.165) is 22.3 Å². The molecular weight excluding hydrogens is 400 g/mol. The van der Waals surface area contributed by atoms with Crippen molar-refractivity contribution in [2.24, 2.45) is 0 Å². The second kappa shape index (κ2) is 9.23. The number of nitrogens with zero attached hydrogens (tertiary/aromatic N) is 3. The number of thiophene rings is 1. The quantitative estimate of drug-likeness (QED) is 0.395. The molecule has 4 aromatic rings.